The minimum atomic E-state index is -3.75. The van der Waals surface area contributed by atoms with Gasteiger partial charge >= 0.3 is 0 Å². The number of aryl methyl sites for hydroxylation is 3. The average Bonchev–Trinajstić information content (AvgIpc) is 2.60. The highest BCUT2D eigenvalue weighted by atomic mass is 32.2. The van der Waals surface area contributed by atoms with E-state index in [9.17, 15) is 13.2 Å². The van der Waals surface area contributed by atoms with Crippen LogP contribution >= 0.6 is 11.8 Å². The quantitative estimate of drug-likeness (QED) is 0.621. The normalized spacial score (nSPS) is 11.6. The summed E-state index contributed by atoms with van der Waals surface area (Å²) in [6, 6.07) is 11.9. The number of nitrogens with two attached hydrogens (primary N) is 1. The van der Waals surface area contributed by atoms with Crippen LogP contribution in [0.15, 0.2) is 52.4 Å². The van der Waals surface area contributed by atoms with Crippen LogP contribution in [0.25, 0.3) is 10.9 Å². The third-order valence-electron chi connectivity index (χ3n) is 4.25. The Bertz CT molecular complexity index is 1160. The molecule has 0 unspecified atom stereocenters. The molecule has 146 valence electrons. The summed E-state index contributed by atoms with van der Waals surface area (Å²) in [7, 11) is -3.75. The minimum absolute atomic E-state index is 0.00122. The van der Waals surface area contributed by atoms with Crippen molar-refractivity contribution in [2.24, 2.45) is 5.14 Å². The zero-order valence-corrected chi connectivity index (χ0v) is 17.4. The highest BCUT2D eigenvalue weighted by Crippen LogP contribution is 2.27. The third-order valence-corrected chi connectivity index (χ3v) is 6.09. The molecular formula is C20H21N3O3S2. The molecule has 0 saturated heterocycles. The van der Waals surface area contributed by atoms with Gasteiger partial charge in [0.25, 0.3) is 0 Å². The van der Waals surface area contributed by atoms with Crippen LogP contribution in [-0.4, -0.2) is 25.1 Å². The van der Waals surface area contributed by atoms with E-state index in [4.69, 9.17) is 10.1 Å². The molecule has 0 aliphatic heterocycles. The number of hydrogen-bond acceptors (Lipinski definition) is 5. The lowest BCUT2D eigenvalue weighted by Crippen LogP contribution is -2.15. The number of pyridine rings is 1. The third kappa shape index (κ3) is 4.70. The number of primary sulfonamides is 1. The zero-order chi connectivity index (χ0) is 20.5. The number of benzene rings is 2. The van der Waals surface area contributed by atoms with E-state index in [1.807, 2.05) is 19.9 Å². The number of amides is 1. The summed E-state index contributed by atoms with van der Waals surface area (Å²) in [5.74, 6) is -0.00619. The lowest BCUT2D eigenvalue weighted by atomic mass is 10.0. The zero-order valence-electron chi connectivity index (χ0n) is 15.8. The molecule has 1 aromatic heterocycles. The van der Waals surface area contributed by atoms with E-state index >= 15 is 0 Å². The molecule has 1 amide bonds. The Kier molecular flexibility index (Phi) is 5.74. The molecule has 0 fully saturated rings. The molecule has 0 radical (unpaired) electrons. The van der Waals surface area contributed by atoms with Gasteiger partial charge < -0.3 is 5.32 Å². The first-order valence-corrected chi connectivity index (χ1v) is 11.1. The fourth-order valence-electron chi connectivity index (χ4n) is 2.95. The number of rotatable bonds is 5. The van der Waals surface area contributed by atoms with Crippen LogP contribution in [0, 0.1) is 20.8 Å². The SMILES string of the molecule is Cc1cc(C)c2nc(SCC(=O)Nc3ccc(S(N)(=O)=O)cc3)cc(C)c2c1. The van der Waals surface area contributed by atoms with Crippen molar-refractivity contribution in [2.45, 2.75) is 30.7 Å². The van der Waals surface area contributed by atoms with E-state index in [0.29, 0.717) is 5.69 Å². The maximum Gasteiger partial charge on any atom is 0.238 e. The molecule has 6 nitrogen and oxygen atoms in total. The van der Waals surface area contributed by atoms with Crippen LogP contribution in [0.1, 0.15) is 16.7 Å². The average molecular weight is 416 g/mol. The van der Waals surface area contributed by atoms with Crippen molar-refractivity contribution < 1.29 is 13.2 Å². The van der Waals surface area contributed by atoms with E-state index in [1.54, 1.807) is 0 Å². The van der Waals surface area contributed by atoms with Crippen molar-refractivity contribution in [1.29, 1.82) is 0 Å². The number of nitrogens with one attached hydrogen (secondary N) is 1. The fourth-order valence-corrected chi connectivity index (χ4v) is 4.24. The van der Waals surface area contributed by atoms with Gasteiger partial charge in [-0.05, 0) is 68.3 Å². The van der Waals surface area contributed by atoms with E-state index in [-0.39, 0.29) is 16.6 Å². The van der Waals surface area contributed by atoms with Crippen LogP contribution < -0.4 is 10.5 Å². The molecule has 3 aromatic rings. The maximum atomic E-state index is 12.2. The molecule has 0 saturated carbocycles. The Morgan fingerprint density at radius 3 is 2.39 bits per heavy atom. The molecule has 0 atom stereocenters. The molecule has 0 spiro atoms. The first-order valence-electron chi connectivity index (χ1n) is 8.57. The van der Waals surface area contributed by atoms with Crippen LogP contribution in [0.2, 0.25) is 0 Å². The predicted molar refractivity (Wildman–Crippen MR) is 113 cm³/mol. The Morgan fingerprint density at radius 2 is 1.75 bits per heavy atom. The van der Waals surface area contributed by atoms with Gasteiger partial charge in [-0.2, -0.15) is 0 Å². The molecule has 0 bridgehead atoms. The highest BCUT2D eigenvalue weighted by molar-refractivity contribution is 7.99. The van der Waals surface area contributed by atoms with Gasteiger partial charge in [0, 0.05) is 11.1 Å². The minimum Gasteiger partial charge on any atom is -0.325 e. The number of hydrogen-bond donors (Lipinski definition) is 2. The van der Waals surface area contributed by atoms with Crippen molar-refractivity contribution in [3.8, 4) is 0 Å². The molecular weight excluding hydrogens is 394 g/mol. The van der Waals surface area contributed by atoms with Crippen LogP contribution in [0.3, 0.4) is 0 Å². The fraction of sp³-hybridized carbons (Fsp3) is 0.200. The smallest absolute Gasteiger partial charge is 0.238 e. The number of fused-ring (bicyclic) bond motifs is 1. The van der Waals surface area contributed by atoms with Crippen molar-refractivity contribution in [3.63, 3.8) is 0 Å². The molecule has 3 N–H and O–H groups in total. The molecule has 0 aliphatic carbocycles. The second kappa shape index (κ2) is 7.90. The van der Waals surface area contributed by atoms with E-state index in [0.717, 1.165) is 27.1 Å². The van der Waals surface area contributed by atoms with Gasteiger partial charge in [0.2, 0.25) is 15.9 Å². The number of thioether (sulfide) groups is 1. The second-order valence-electron chi connectivity index (χ2n) is 6.66. The van der Waals surface area contributed by atoms with E-state index in [1.165, 1.54) is 41.6 Å². The van der Waals surface area contributed by atoms with Crippen molar-refractivity contribution in [1.82, 2.24) is 4.98 Å². The van der Waals surface area contributed by atoms with Crippen LogP contribution in [0.5, 0.6) is 0 Å². The highest BCUT2D eigenvalue weighted by Gasteiger charge is 2.11. The molecule has 8 heteroatoms. The maximum absolute atomic E-state index is 12.2. The summed E-state index contributed by atoms with van der Waals surface area (Å²) in [6.07, 6.45) is 0. The lowest BCUT2D eigenvalue weighted by Gasteiger charge is -2.10. The largest absolute Gasteiger partial charge is 0.325 e. The summed E-state index contributed by atoms with van der Waals surface area (Å²) < 4.78 is 22.5. The molecule has 0 aliphatic rings. The molecule has 1 heterocycles. The number of sulfonamides is 1. The Balaban J connectivity index is 1.69. The Hall–Kier alpha value is -2.42. The van der Waals surface area contributed by atoms with Gasteiger partial charge in [-0.25, -0.2) is 18.5 Å². The van der Waals surface area contributed by atoms with E-state index < -0.39 is 10.0 Å². The first kappa shape index (κ1) is 20.3. The van der Waals surface area contributed by atoms with Crippen LogP contribution in [0.4, 0.5) is 5.69 Å². The molecule has 2 aromatic carbocycles. The lowest BCUT2D eigenvalue weighted by molar-refractivity contribution is -0.113. The van der Waals surface area contributed by atoms with Crippen LogP contribution in [-0.2, 0) is 14.8 Å². The summed E-state index contributed by atoms with van der Waals surface area (Å²) in [5.41, 5.74) is 4.89. The Labute approximate surface area is 168 Å². The van der Waals surface area contributed by atoms with Gasteiger partial charge in [0.15, 0.2) is 0 Å². The molecule has 3 rings (SSSR count). The van der Waals surface area contributed by atoms with Gasteiger partial charge in [0.05, 0.1) is 21.2 Å². The van der Waals surface area contributed by atoms with Gasteiger partial charge in [-0.15, -0.1) is 0 Å². The summed E-state index contributed by atoms with van der Waals surface area (Å²) in [6.45, 7) is 6.14. The van der Waals surface area contributed by atoms with Crippen molar-refractivity contribution >= 4 is 44.3 Å². The van der Waals surface area contributed by atoms with Gasteiger partial charge in [-0.1, -0.05) is 23.4 Å². The summed E-state index contributed by atoms with van der Waals surface area (Å²) in [4.78, 5) is 16.9. The van der Waals surface area contributed by atoms with Gasteiger partial charge in [0.1, 0.15) is 0 Å². The van der Waals surface area contributed by atoms with Crippen molar-refractivity contribution in [2.75, 3.05) is 11.1 Å². The number of aromatic nitrogens is 1. The first-order chi connectivity index (χ1) is 13.1. The number of carbonyl (C=O) groups is 1. The van der Waals surface area contributed by atoms with E-state index in [2.05, 4.69) is 24.4 Å². The standard InChI is InChI=1S/C20H21N3O3S2/c1-12-8-14(3)20-17(9-12)13(2)10-19(23-20)27-11-18(24)22-15-4-6-16(7-5-15)28(21,25)26/h4-10H,11H2,1-3H3,(H,22,24)(H2,21,25,26). The monoisotopic (exact) mass is 415 g/mol. The molecule has 28 heavy (non-hydrogen) atoms. The number of anilines is 1. The topological polar surface area (TPSA) is 102 Å². The summed E-state index contributed by atoms with van der Waals surface area (Å²) in [5, 5.41) is 9.72. The number of carbonyl (C=O) groups excluding carboxylic acids is 1. The number of nitrogens with zero attached hydrogens (tertiary/aromatic N) is 1. The van der Waals surface area contributed by atoms with Gasteiger partial charge in [-0.3, -0.25) is 4.79 Å². The predicted octanol–water partition coefficient (Wildman–Crippen LogP) is 3.54. The van der Waals surface area contributed by atoms with Crippen molar-refractivity contribution in [3.05, 3.63) is 59.2 Å². The second-order valence-corrected chi connectivity index (χ2v) is 9.22. The summed E-state index contributed by atoms with van der Waals surface area (Å²) >= 11 is 1.36. The Morgan fingerprint density at radius 1 is 1.07 bits per heavy atom.